The van der Waals surface area contributed by atoms with Crippen LogP contribution in [-0.2, 0) is 13.0 Å². The van der Waals surface area contributed by atoms with Crippen LogP contribution in [-0.4, -0.2) is 45.8 Å². The minimum absolute atomic E-state index is 0.0648. The van der Waals surface area contributed by atoms with Crippen LogP contribution in [0.25, 0.3) is 0 Å². The summed E-state index contributed by atoms with van der Waals surface area (Å²) in [7, 11) is 5.77. The Morgan fingerprint density at radius 3 is 2.58 bits per heavy atom. The van der Waals surface area contributed by atoms with Crippen molar-refractivity contribution in [2.75, 3.05) is 40.9 Å². The number of halogens is 1. The molecule has 0 saturated carbocycles. The molecule has 0 aromatic heterocycles. The lowest BCUT2D eigenvalue weighted by molar-refractivity contribution is 0.250. The summed E-state index contributed by atoms with van der Waals surface area (Å²) in [5.41, 5.74) is 4.74. The molecule has 1 atom stereocenters. The topological polar surface area (TPSA) is 43.0 Å². The molecule has 0 amide bonds. The molecule has 1 aliphatic heterocycles. The average Bonchev–Trinajstić information content (AvgIpc) is 2.83. The second-order valence-corrected chi connectivity index (χ2v) is 8.91. The highest BCUT2D eigenvalue weighted by atomic mass is 35.5. The minimum atomic E-state index is 0.0648. The van der Waals surface area contributed by atoms with Gasteiger partial charge in [-0.3, -0.25) is 0 Å². The molecule has 174 valence electrons. The van der Waals surface area contributed by atoms with Crippen LogP contribution in [0.4, 0.5) is 0 Å². The van der Waals surface area contributed by atoms with E-state index in [1.807, 2.05) is 50.5 Å². The van der Waals surface area contributed by atoms with Gasteiger partial charge < -0.3 is 24.4 Å². The maximum Gasteiger partial charge on any atom is 0.161 e. The fraction of sp³-hybridized carbons (Fsp3) is 0.333. The van der Waals surface area contributed by atoms with Crippen LogP contribution in [0.2, 0.25) is 5.02 Å². The largest absolute Gasteiger partial charge is 0.493 e. The molecule has 0 bridgehead atoms. The molecule has 5 nitrogen and oxygen atoms in total. The smallest absolute Gasteiger partial charge is 0.161 e. The number of rotatable bonds is 9. The number of fused-ring (bicyclic) bond motifs is 1. The second-order valence-electron chi connectivity index (χ2n) is 8.48. The first kappa shape index (κ1) is 23.4. The lowest BCUT2D eigenvalue weighted by Crippen LogP contribution is -2.30. The zero-order chi connectivity index (χ0) is 23.2. The van der Waals surface area contributed by atoms with E-state index in [2.05, 4.69) is 34.5 Å². The Balaban J connectivity index is 1.55. The van der Waals surface area contributed by atoms with E-state index in [4.69, 9.17) is 25.8 Å². The molecule has 6 heteroatoms. The molecule has 0 saturated heterocycles. The van der Waals surface area contributed by atoms with Gasteiger partial charge in [0.15, 0.2) is 11.5 Å². The van der Waals surface area contributed by atoms with Crippen molar-refractivity contribution in [2.45, 2.75) is 19.1 Å². The normalized spacial score (nSPS) is 15.2. The number of hydrogen-bond donors (Lipinski definition) is 1. The summed E-state index contributed by atoms with van der Waals surface area (Å²) in [6.07, 6.45) is 0.951. The number of nitrogens with zero attached hydrogens (tertiary/aromatic N) is 1. The summed E-state index contributed by atoms with van der Waals surface area (Å²) >= 11 is 5.98. The third-order valence-electron chi connectivity index (χ3n) is 5.79. The molecule has 3 aromatic carbocycles. The first-order chi connectivity index (χ1) is 16.0. The second kappa shape index (κ2) is 10.9. The molecule has 1 N–H and O–H groups in total. The lowest BCUT2D eigenvalue weighted by Gasteiger charge is -2.29. The summed E-state index contributed by atoms with van der Waals surface area (Å²) < 4.78 is 17.8. The van der Waals surface area contributed by atoms with E-state index >= 15 is 0 Å². The summed E-state index contributed by atoms with van der Waals surface area (Å²) in [5, 5.41) is 4.39. The summed E-state index contributed by atoms with van der Waals surface area (Å²) in [4.78, 5) is 2.10. The van der Waals surface area contributed by atoms with Crippen LogP contribution in [0, 0.1) is 0 Å². The molecule has 3 aromatic rings. The Kier molecular flexibility index (Phi) is 7.76. The van der Waals surface area contributed by atoms with Gasteiger partial charge in [-0.25, -0.2) is 0 Å². The van der Waals surface area contributed by atoms with Gasteiger partial charge in [0, 0.05) is 18.1 Å². The van der Waals surface area contributed by atoms with Crippen LogP contribution in [0.1, 0.15) is 28.3 Å². The Bertz CT molecular complexity index is 1070. The van der Waals surface area contributed by atoms with Crippen molar-refractivity contribution in [1.82, 2.24) is 10.2 Å². The number of ether oxygens (including phenoxy) is 3. The number of benzene rings is 3. The molecular formula is C27H31ClN2O3. The number of likely N-dealkylation sites (N-methyl/N-ethyl adjacent to an activating group) is 1. The average molecular weight is 467 g/mol. The van der Waals surface area contributed by atoms with Gasteiger partial charge in [0.05, 0.1) is 13.2 Å². The van der Waals surface area contributed by atoms with Crippen molar-refractivity contribution < 1.29 is 14.2 Å². The van der Waals surface area contributed by atoms with Gasteiger partial charge in [-0.2, -0.15) is 0 Å². The summed E-state index contributed by atoms with van der Waals surface area (Å²) in [6.45, 7) is 2.84. The van der Waals surface area contributed by atoms with Crippen molar-refractivity contribution in [3.8, 4) is 17.2 Å². The molecule has 0 radical (unpaired) electrons. The maximum atomic E-state index is 6.08. The predicted octanol–water partition coefficient (Wildman–Crippen LogP) is 5.10. The SMILES string of the molecule is COc1cc2c(cc1OCCN(C)C)C(c1cccc(OCc3ccc(Cl)cc3)c1)NCC2. The van der Waals surface area contributed by atoms with E-state index in [1.54, 1.807) is 7.11 Å². The highest BCUT2D eigenvalue weighted by Gasteiger charge is 2.24. The molecule has 1 unspecified atom stereocenters. The maximum absolute atomic E-state index is 6.08. The molecule has 4 rings (SSSR count). The first-order valence-corrected chi connectivity index (χ1v) is 11.6. The van der Waals surface area contributed by atoms with Gasteiger partial charge in [0.2, 0.25) is 0 Å². The van der Waals surface area contributed by atoms with E-state index in [-0.39, 0.29) is 6.04 Å². The van der Waals surface area contributed by atoms with Gasteiger partial charge in [-0.05, 0) is 79.2 Å². The lowest BCUT2D eigenvalue weighted by atomic mass is 9.89. The number of nitrogens with one attached hydrogen (secondary N) is 1. The van der Waals surface area contributed by atoms with Crippen LogP contribution >= 0.6 is 11.6 Å². The fourth-order valence-electron chi connectivity index (χ4n) is 4.00. The van der Waals surface area contributed by atoms with E-state index in [9.17, 15) is 0 Å². The molecule has 0 spiro atoms. The van der Waals surface area contributed by atoms with Gasteiger partial charge in [-0.1, -0.05) is 35.9 Å². The van der Waals surface area contributed by atoms with Crippen molar-refractivity contribution >= 4 is 11.6 Å². The van der Waals surface area contributed by atoms with Crippen LogP contribution in [0.3, 0.4) is 0 Å². The standard InChI is InChI=1S/C27H31ClN2O3/c1-30(2)13-14-32-26-17-24-20(16-25(26)31-3)11-12-29-27(24)21-5-4-6-23(15-21)33-18-19-7-9-22(28)10-8-19/h4-10,15-17,27,29H,11-14,18H2,1-3H3. The van der Waals surface area contributed by atoms with Crippen LogP contribution < -0.4 is 19.5 Å². The van der Waals surface area contributed by atoms with E-state index < -0.39 is 0 Å². The van der Waals surface area contributed by atoms with E-state index in [0.717, 1.165) is 52.9 Å². The monoisotopic (exact) mass is 466 g/mol. The Morgan fingerprint density at radius 2 is 1.82 bits per heavy atom. The van der Waals surface area contributed by atoms with Crippen molar-refractivity contribution in [2.24, 2.45) is 0 Å². The molecule has 33 heavy (non-hydrogen) atoms. The van der Waals surface area contributed by atoms with Gasteiger partial charge in [-0.15, -0.1) is 0 Å². The van der Waals surface area contributed by atoms with Gasteiger partial charge in [0.25, 0.3) is 0 Å². The fourth-order valence-corrected chi connectivity index (χ4v) is 4.13. The Labute approximate surface area is 201 Å². The third-order valence-corrected chi connectivity index (χ3v) is 6.04. The predicted molar refractivity (Wildman–Crippen MR) is 133 cm³/mol. The van der Waals surface area contributed by atoms with Gasteiger partial charge in [0.1, 0.15) is 19.0 Å². The number of methoxy groups -OCH3 is 1. The zero-order valence-electron chi connectivity index (χ0n) is 19.4. The zero-order valence-corrected chi connectivity index (χ0v) is 20.2. The highest BCUT2D eigenvalue weighted by molar-refractivity contribution is 6.30. The summed E-state index contributed by atoms with van der Waals surface area (Å²) in [5.74, 6) is 2.41. The molecule has 0 aliphatic carbocycles. The van der Waals surface area contributed by atoms with Crippen molar-refractivity contribution in [3.05, 3.63) is 87.9 Å². The molecule has 0 fully saturated rings. The minimum Gasteiger partial charge on any atom is -0.493 e. The highest BCUT2D eigenvalue weighted by Crippen LogP contribution is 2.38. The first-order valence-electron chi connectivity index (χ1n) is 11.2. The van der Waals surface area contributed by atoms with Crippen molar-refractivity contribution in [3.63, 3.8) is 0 Å². The quantitative estimate of drug-likeness (QED) is 0.475. The van der Waals surface area contributed by atoms with Crippen LogP contribution in [0.5, 0.6) is 17.2 Å². The Hall–Kier alpha value is -2.73. The molecule has 1 heterocycles. The Morgan fingerprint density at radius 1 is 1.00 bits per heavy atom. The number of hydrogen-bond acceptors (Lipinski definition) is 5. The molecule has 1 aliphatic rings. The third kappa shape index (κ3) is 5.99. The van der Waals surface area contributed by atoms with Crippen molar-refractivity contribution in [1.29, 1.82) is 0 Å². The van der Waals surface area contributed by atoms with Gasteiger partial charge >= 0.3 is 0 Å². The summed E-state index contributed by atoms with van der Waals surface area (Å²) in [6, 6.07) is 20.3. The molecular weight excluding hydrogens is 436 g/mol. The van der Waals surface area contributed by atoms with Crippen LogP contribution in [0.15, 0.2) is 60.7 Å². The van der Waals surface area contributed by atoms with E-state index in [1.165, 1.54) is 11.1 Å². The van der Waals surface area contributed by atoms with E-state index in [0.29, 0.717) is 13.2 Å².